The van der Waals surface area contributed by atoms with Gasteiger partial charge in [-0.15, -0.1) is 0 Å². The number of urea groups is 1. The van der Waals surface area contributed by atoms with E-state index in [1.165, 1.54) is 3.57 Å². The summed E-state index contributed by atoms with van der Waals surface area (Å²) in [7, 11) is 0. The Kier molecular flexibility index (Phi) is 4.61. The van der Waals surface area contributed by atoms with Crippen LogP contribution in [0.25, 0.3) is 6.08 Å². The number of ether oxygens (including phenoxy) is 1. The zero-order chi connectivity index (χ0) is 16.2. The first-order valence-corrected chi connectivity index (χ1v) is 7.99. The quantitative estimate of drug-likeness (QED) is 0.454. The summed E-state index contributed by atoms with van der Waals surface area (Å²) in [6, 6.07) is 14.9. The Morgan fingerprint density at radius 3 is 2.26 bits per heavy atom. The molecule has 23 heavy (non-hydrogen) atoms. The van der Waals surface area contributed by atoms with Crippen LogP contribution in [-0.4, -0.2) is 11.9 Å². The van der Waals surface area contributed by atoms with E-state index in [1.54, 1.807) is 6.08 Å². The van der Waals surface area contributed by atoms with Crippen LogP contribution < -0.4 is 15.4 Å². The van der Waals surface area contributed by atoms with Crippen LogP contribution in [0, 0.1) is 3.57 Å². The Labute approximate surface area is 146 Å². The lowest BCUT2D eigenvalue weighted by Gasteiger charge is -2.07. The monoisotopic (exact) mass is 420 g/mol. The largest absolute Gasteiger partial charge is 0.489 e. The molecule has 6 heteroatoms. The average molecular weight is 420 g/mol. The molecule has 0 spiro atoms. The van der Waals surface area contributed by atoms with Gasteiger partial charge in [0.25, 0.3) is 5.91 Å². The summed E-state index contributed by atoms with van der Waals surface area (Å²) in [5, 5.41) is 4.61. The zero-order valence-electron chi connectivity index (χ0n) is 12.0. The predicted molar refractivity (Wildman–Crippen MR) is 94.6 cm³/mol. The smallest absolute Gasteiger partial charge is 0.326 e. The first-order valence-electron chi connectivity index (χ1n) is 6.91. The van der Waals surface area contributed by atoms with Gasteiger partial charge in [0.05, 0.1) is 0 Å². The number of amides is 3. The number of rotatable bonds is 4. The maximum Gasteiger partial charge on any atom is 0.326 e. The van der Waals surface area contributed by atoms with Crippen molar-refractivity contribution in [2.24, 2.45) is 0 Å². The topological polar surface area (TPSA) is 67.4 Å². The number of halogens is 1. The standard InChI is InChI=1S/C17H13IN2O3/c18-13-5-1-12(2-6-13)10-23-14-7-3-11(4-8-14)9-15-16(21)20-17(22)19-15/h1-9H,10H2,(H2,19,20,21,22)/b15-9-. The highest BCUT2D eigenvalue weighted by molar-refractivity contribution is 14.1. The third-order valence-electron chi connectivity index (χ3n) is 3.23. The summed E-state index contributed by atoms with van der Waals surface area (Å²) in [6.07, 6.45) is 1.61. The second-order valence-electron chi connectivity index (χ2n) is 4.95. The van der Waals surface area contributed by atoms with Gasteiger partial charge in [-0.3, -0.25) is 10.1 Å². The summed E-state index contributed by atoms with van der Waals surface area (Å²) >= 11 is 2.26. The Morgan fingerprint density at radius 1 is 0.957 bits per heavy atom. The summed E-state index contributed by atoms with van der Waals surface area (Å²) < 4.78 is 6.91. The number of carbonyl (C=O) groups excluding carboxylic acids is 2. The van der Waals surface area contributed by atoms with Crippen molar-refractivity contribution < 1.29 is 14.3 Å². The van der Waals surface area contributed by atoms with Crippen molar-refractivity contribution in [3.63, 3.8) is 0 Å². The number of hydrogen-bond donors (Lipinski definition) is 2. The summed E-state index contributed by atoms with van der Waals surface area (Å²) in [5.74, 6) is 0.319. The van der Waals surface area contributed by atoms with Gasteiger partial charge in [-0.2, -0.15) is 0 Å². The fourth-order valence-electron chi connectivity index (χ4n) is 2.06. The fraction of sp³-hybridized carbons (Fsp3) is 0.0588. The van der Waals surface area contributed by atoms with Crippen molar-refractivity contribution in [1.82, 2.24) is 10.6 Å². The molecule has 5 nitrogen and oxygen atoms in total. The molecule has 1 saturated heterocycles. The SMILES string of the molecule is O=C1NC(=O)/C(=C/c2ccc(OCc3ccc(I)cc3)cc2)N1. The minimum absolute atomic E-state index is 0.238. The summed E-state index contributed by atoms with van der Waals surface area (Å²) in [4.78, 5) is 22.5. The number of imide groups is 1. The van der Waals surface area contributed by atoms with E-state index >= 15 is 0 Å². The van der Waals surface area contributed by atoms with E-state index in [0.717, 1.165) is 16.9 Å². The van der Waals surface area contributed by atoms with Crippen molar-refractivity contribution in [3.05, 3.63) is 68.9 Å². The van der Waals surface area contributed by atoms with Crippen LogP contribution >= 0.6 is 22.6 Å². The first kappa shape index (κ1) is 15.5. The first-order chi connectivity index (χ1) is 11.1. The van der Waals surface area contributed by atoms with E-state index in [0.29, 0.717) is 6.61 Å². The van der Waals surface area contributed by atoms with Gasteiger partial charge in [-0.1, -0.05) is 24.3 Å². The molecule has 3 amide bonds. The Balaban J connectivity index is 1.63. The van der Waals surface area contributed by atoms with E-state index in [1.807, 2.05) is 48.5 Å². The summed E-state index contributed by atoms with van der Waals surface area (Å²) in [6.45, 7) is 0.496. The van der Waals surface area contributed by atoms with E-state index in [4.69, 9.17) is 4.74 Å². The maximum atomic E-state index is 11.5. The molecule has 2 aromatic carbocycles. The molecular weight excluding hydrogens is 407 g/mol. The van der Waals surface area contributed by atoms with E-state index in [-0.39, 0.29) is 5.70 Å². The number of benzene rings is 2. The van der Waals surface area contributed by atoms with E-state index in [2.05, 4.69) is 33.2 Å². The number of carbonyl (C=O) groups is 2. The van der Waals surface area contributed by atoms with Crippen LogP contribution in [0.2, 0.25) is 0 Å². The molecule has 0 aliphatic carbocycles. The van der Waals surface area contributed by atoms with Crippen LogP contribution in [0.15, 0.2) is 54.2 Å². The Hall–Kier alpha value is -2.35. The molecule has 1 aliphatic rings. The molecule has 0 unspecified atom stereocenters. The molecule has 1 heterocycles. The molecule has 2 aromatic rings. The highest BCUT2D eigenvalue weighted by Crippen LogP contribution is 2.17. The number of nitrogens with one attached hydrogen (secondary N) is 2. The molecule has 1 fully saturated rings. The van der Waals surface area contributed by atoms with Gasteiger partial charge in [0, 0.05) is 3.57 Å². The van der Waals surface area contributed by atoms with Crippen molar-refractivity contribution in [3.8, 4) is 5.75 Å². The third-order valence-corrected chi connectivity index (χ3v) is 3.95. The van der Waals surface area contributed by atoms with Gasteiger partial charge in [0.15, 0.2) is 0 Å². The lowest BCUT2D eigenvalue weighted by molar-refractivity contribution is -0.115. The van der Waals surface area contributed by atoms with Crippen LogP contribution in [0.1, 0.15) is 11.1 Å². The normalized spacial score (nSPS) is 15.4. The van der Waals surface area contributed by atoms with Crippen LogP contribution in [0.3, 0.4) is 0 Å². The molecule has 0 bridgehead atoms. The lowest BCUT2D eigenvalue weighted by Crippen LogP contribution is -2.22. The van der Waals surface area contributed by atoms with Crippen molar-refractivity contribution in [2.45, 2.75) is 6.61 Å². The molecular formula is C17H13IN2O3. The minimum Gasteiger partial charge on any atom is -0.489 e. The Morgan fingerprint density at radius 2 is 1.65 bits per heavy atom. The second-order valence-corrected chi connectivity index (χ2v) is 6.20. The van der Waals surface area contributed by atoms with Gasteiger partial charge >= 0.3 is 6.03 Å². The van der Waals surface area contributed by atoms with Crippen molar-refractivity contribution in [2.75, 3.05) is 0 Å². The molecule has 2 N–H and O–H groups in total. The van der Waals surface area contributed by atoms with Crippen LogP contribution in [0.5, 0.6) is 5.75 Å². The second kappa shape index (κ2) is 6.82. The van der Waals surface area contributed by atoms with Crippen LogP contribution in [0.4, 0.5) is 4.79 Å². The van der Waals surface area contributed by atoms with Gasteiger partial charge in [-0.05, 0) is 64.1 Å². The van der Waals surface area contributed by atoms with E-state index in [9.17, 15) is 9.59 Å². The number of hydrogen-bond acceptors (Lipinski definition) is 3. The van der Waals surface area contributed by atoms with Gasteiger partial charge in [0.1, 0.15) is 18.1 Å². The van der Waals surface area contributed by atoms with Crippen molar-refractivity contribution in [1.29, 1.82) is 0 Å². The predicted octanol–water partition coefficient (Wildman–Crippen LogP) is 3.05. The lowest BCUT2D eigenvalue weighted by atomic mass is 10.2. The molecule has 0 saturated carbocycles. The third kappa shape index (κ3) is 4.10. The highest BCUT2D eigenvalue weighted by atomic mass is 127. The minimum atomic E-state index is -0.501. The summed E-state index contributed by atoms with van der Waals surface area (Å²) in [5.41, 5.74) is 2.14. The van der Waals surface area contributed by atoms with Gasteiger partial charge in [0.2, 0.25) is 0 Å². The van der Waals surface area contributed by atoms with Crippen molar-refractivity contribution >= 4 is 40.6 Å². The molecule has 1 aliphatic heterocycles. The van der Waals surface area contributed by atoms with Gasteiger partial charge < -0.3 is 10.1 Å². The average Bonchev–Trinajstić information content (AvgIpc) is 2.86. The molecule has 0 radical (unpaired) electrons. The molecule has 116 valence electrons. The Bertz CT molecular complexity index is 767. The maximum absolute atomic E-state index is 11.5. The zero-order valence-corrected chi connectivity index (χ0v) is 14.2. The van der Waals surface area contributed by atoms with Crippen LogP contribution in [-0.2, 0) is 11.4 Å². The molecule has 3 rings (SSSR count). The fourth-order valence-corrected chi connectivity index (χ4v) is 2.42. The molecule has 0 atom stereocenters. The molecule has 0 aromatic heterocycles. The van der Waals surface area contributed by atoms with E-state index < -0.39 is 11.9 Å². The van der Waals surface area contributed by atoms with Gasteiger partial charge in [-0.25, -0.2) is 4.79 Å². The highest BCUT2D eigenvalue weighted by Gasteiger charge is 2.22.